The summed E-state index contributed by atoms with van der Waals surface area (Å²) in [6, 6.07) is 5.98. The van der Waals surface area contributed by atoms with Crippen LogP contribution in [0.3, 0.4) is 0 Å². The Morgan fingerprint density at radius 2 is 1.77 bits per heavy atom. The van der Waals surface area contributed by atoms with Gasteiger partial charge in [-0.15, -0.1) is 0 Å². The molecule has 1 N–H and O–H groups in total. The predicted octanol–water partition coefficient (Wildman–Crippen LogP) is 1.20. The first kappa shape index (κ1) is 23.0. The van der Waals surface area contributed by atoms with Gasteiger partial charge in [-0.2, -0.15) is 0 Å². The molecule has 0 saturated carbocycles. The number of nitrogens with zero attached hydrogens (tertiary/aromatic N) is 4. The monoisotopic (exact) mass is 431 g/mol. The number of amides is 2. The quantitative estimate of drug-likeness (QED) is 0.712. The lowest BCUT2D eigenvalue weighted by atomic mass is 9.98. The molecule has 9 heteroatoms. The summed E-state index contributed by atoms with van der Waals surface area (Å²) >= 11 is 0. The number of aromatic nitrogens is 2. The highest BCUT2D eigenvalue weighted by atomic mass is 16.5. The molecule has 0 bridgehead atoms. The number of hydrogen-bond acceptors (Lipinski definition) is 5. The van der Waals surface area contributed by atoms with Gasteiger partial charge in [0.05, 0.1) is 24.2 Å². The summed E-state index contributed by atoms with van der Waals surface area (Å²) in [5.74, 6) is -0.254. The highest BCUT2D eigenvalue weighted by Gasteiger charge is 2.29. The van der Waals surface area contributed by atoms with Crippen LogP contribution in [0.1, 0.15) is 20.3 Å². The second kappa shape index (κ2) is 10.1. The van der Waals surface area contributed by atoms with Crippen molar-refractivity contribution in [2.24, 2.45) is 5.92 Å². The summed E-state index contributed by atoms with van der Waals surface area (Å²) in [5.41, 5.74) is 0.842. The van der Waals surface area contributed by atoms with Crippen molar-refractivity contribution in [1.82, 2.24) is 24.3 Å². The zero-order valence-electron chi connectivity index (χ0n) is 18.8. The molecule has 2 heterocycles. The van der Waals surface area contributed by atoms with E-state index in [-0.39, 0.29) is 11.8 Å². The Balaban J connectivity index is 1.90. The number of carbonyl (C=O) groups is 2. The number of hydrogen-bond donors (Lipinski definition) is 1. The van der Waals surface area contributed by atoms with Crippen molar-refractivity contribution in [3.05, 3.63) is 34.7 Å². The molecule has 3 rings (SSSR count). The Bertz CT molecular complexity index is 974. The van der Waals surface area contributed by atoms with Crippen LogP contribution in [0.25, 0.3) is 11.0 Å². The Morgan fingerprint density at radius 1 is 1.13 bits per heavy atom. The maximum absolute atomic E-state index is 13.3. The Hall–Kier alpha value is -2.65. The van der Waals surface area contributed by atoms with E-state index in [2.05, 4.69) is 10.2 Å². The number of ether oxygens (including phenoxy) is 1. The van der Waals surface area contributed by atoms with Crippen LogP contribution in [-0.4, -0.2) is 83.9 Å². The van der Waals surface area contributed by atoms with Gasteiger partial charge in [-0.3, -0.25) is 14.3 Å². The van der Waals surface area contributed by atoms with Gasteiger partial charge in [-0.25, -0.2) is 14.2 Å². The second-order valence-electron chi connectivity index (χ2n) is 8.26. The van der Waals surface area contributed by atoms with E-state index in [4.69, 9.17) is 4.74 Å². The van der Waals surface area contributed by atoms with Crippen LogP contribution < -0.4 is 11.0 Å². The number of morpholine rings is 1. The predicted molar refractivity (Wildman–Crippen MR) is 119 cm³/mol. The van der Waals surface area contributed by atoms with Crippen LogP contribution in [-0.2, 0) is 16.1 Å². The van der Waals surface area contributed by atoms with Crippen LogP contribution in [0.5, 0.6) is 0 Å². The lowest BCUT2D eigenvalue weighted by Crippen LogP contribution is -2.52. The van der Waals surface area contributed by atoms with E-state index in [1.165, 1.54) is 4.90 Å². The average Bonchev–Trinajstić information content (AvgIpc) is 3.06. The van der Waals surface area contributed by atoms with Gasteiger partial charge in [0.2, 0.25) is 5.91 Å². The minimum atomic E-state index is -0.699. The standard InChI is InChI=1S/C22H33N5O4/c1-5-16(2)19(20(28)24(3)4)23-21(29)27-18-9-7-6-8-17(18)26(22(27)30)11-10-25-12-14-31-15-13-25/h6-9,16,19H,5,10-15H2,1-4H3,(H,23,29). The SMILES string of the molecule is CCC(C)C(NC(=O)n1c(=O)n(CCN2CCOCC2)c2ccccc21)C(=O)N(C)C. The molecule has 1 aromatic carbocycles. The largest absolute Gasteiger partial charge is 0.379 e. The van der Waals surface area contributed by atoms with Crippen molar-refractivity contribution in [2.75, 3.05) is 46.9 Å². The number of fused-ring (bicyclic) bond motifs is 1. The fourth-order valence-corrected chi connectivity index (χ4v) is 3.85. The van der Waals surface area contributed by atoms with Gasteiger partial charge in [0, 0.05) is 40.3 Å². The van der Waals surface area contributed by atoms with E-state index in [0.29, 0.717) is 37.3 Å². The summed E-state index contributed by atoms with van der Waals surface area (Å²) in [6.45, 7) is 8.11. The first-order valence-corrected chi connectivity index (χ1v) is 10.9. The number of nitrogens with one attached hydrogen (secondary N) is 1. The summed E-state index contributed by atoms with van der Waals surface area (Å²) in [7, 11) is 3.32. The van der Waals surface area contributed by atoms with E-state index in [1.54, 1.807) is 30.8 Å². The molecule has 2 aromatic rings. The maximum atomic E-state index is 13.3. The first-order valence-electron chi connectivity index (χ1n) is 10.9. The zero-order valence-corrected chi connectivity index (χ0v) is 18.8. The molecule has 2 amide bonds. The first-order chi connectivity index (χ1) is 14.8. The second-order valence-corrected chi connectivity index (χ2v) is 8.26. The van der Waals surface area contributed by atoms with Crippen molar-refractivity contribution >= 4 is 23.0 Å². The average molecular weight is 432 g/mol. The molecule has 9 nitrogen and oxygen atoms in total. The van der Waals surface area contributed by atoms with Gasteiger partial charge in [-0.05, 0) is 18.1 Å². The zero-order chi connectivity index (χ0) is 22.5. The van der Waals surface area contributed by atoms with E-state index in [9.17, 15) is 14.4 Å². The lowest BCUT2D eigenvalue weighted by molar-refractivity contribution is -0.131. The van der Waals surface area contributed by atoms with Crippen molar-refractivity contribution in [2.45, 2.75) is 32.9 Å². The van der Waals surface area contributed by atoms with Gasteiger partial charge in [0.15, 0.2) is 0 Å². The number of benzene rings is 1. The van der Waals surface area contributed by atoms with E-state index < -0.39 is 17.8 Å². The number of carbonyl (C=O) groups excluding carboxylic acids is 2. The van der Waals surface area contributed by atoms with Gasteiger partial charge in [0.25, 0.3) is 0 Å². The van der Waals surface area contributed by atoms with Crippen LogP contribution in [0, 0.1) is 5.92 Å². The lowest BCUT2D eigenvalue weighted by Gasteiger charge is -2.26. The normalized spacial score (nSPS) is 16.8. The van der Waals surface area contributed by atoms with Crippen LogP contribution >= 0.6 is 0 Å². The number of likely N-dealkylation sites (N-methyl/N-ethyl adjacent to an activating group) is 1. The smallest absolute Gasteiger partial charge is 0.337 e. The van der Waals surface area contributed by atoms with E-state index in [1.807, 2.05) is 26.0 Å². The highest BCUT2D eigenvalue weighted by molar-refractivity contribution is 5.92. The fourth-order valence-electron chi connectivity index (χ4n) is 3.85. The molecular weight excluding hydrogens is 398 g/mol. The van der Waals surface area contributed by atoms with Crippen molar-refractivity contribution in [1.29, 1.82) is 0 Å². The summed E-state index contributed by atoms with van der Waals surface area (Å²) in [4.78, 5) is 42.8. The third-order valence-corrected chi connectivity index (χ3v) is 5.98. The van der Waals surface area contributed by atoms with Crippen LogP contribution in [0.4, 0.5) is 4.79 Å². The molecule has 0 spiro atoms. The van der Waals surface area contributed by atoms with Gasteiger partial charge in [-0.1, -0.05) is 32.4 Å². The minimum Gasteiger partial charge on any atom is -0.379 e. The fraction of sp³-hybridized carbons (Fsp3) is 0.591. The number of imidazole rings is 1. The third-order valence-electron chi connectivity index (χ3n) is 5.98. The van der Waals surface area contributed by atoms with Gasteiger partial charge in [0.1, 0.15) is 6.04 Å². The molecule has 1 aliphatic rings. The summed E-state index contributed by atoms with van der Waals surface area (Å²) < 4.78 is 8.17. The molecule has 1 aliphatic heterocycles. The molecule has 1 fully saturated rings. The van der Waals surface area contributed by atoms with Crippen molar-refractivity contribution < 1.29 is 14.3 Å². The number of para-hydroxylation sites is 2. The third kappa shape index (κ3) is 4.99. The molecule has 2 unspecified atom stereocenters. The molecule has 0 radical (unpaired) electrons. The summed E-state index contributed by atoms with van der Waals surface area (Å²) in [5, 5.41) is 2.81. The van der Waals surface area contributed by atoms with E-state index >= 15 is 0 Å². The molecule has 0 aliphatic carbocycles. The highest BCUT2D eigenvalue weighted by Crippen LogP contribution is 2.15. The van der Waals surface area contributed by atoms with Crippen LogP contribution in [0.2, 0.25) is 0 Å². The molecular formula is C22H33N5O4. The van der Waals surface area contributed by atoms with Gasteiger partial charge < -0.3 is 15.0 Å². The Kier molecular flexibility index (Phi) is 7.50. The topological polar surface area (TPSA) is 88.8 Å². The van der Waals surface area contributed by atoms with E-state index in [0.717, 1.165) is 24.1 Å². The van der Waals surface area contributed by atoms with Crippen molar-refractivity contribution in [3.63, 3.8) is 0 Å². The summed E-state index contributed by atoms with van der Waals surface area (Å²) in [6.07, 6.45) is 0.723. The molecule has 170 valence electrons. The van der Waals surface area contributed by atoms with Gasteiger partial charge >= 0.3 is 11.7 Å². The molecule has 2 atom stereocenters. The number of rotatable bonds is 7. The molecule has 31 heavy (non-hydrogen) atoms. The minimum absolute atomic E-state index is 0.0655. The maximum Gasteiger partial charge on any atom is 0.337 e. The van der Waals surface area contributed by atoms with Crippen molar-refractivity contribution in [3.8, 4) is 0 Å². The Morgan fingerprint density at radius 3 is 2.39 bits per heavy atom. The van der Waals surface area contributed by atoms with Crippen LogP contribution in [0.15, 0.2) is 29.1 Å². The molecule has 1 aromatic heterocycles. The molecule has 1 saturated heterocycles. The Labute approximate surface area is 182 Å².